The Morgan fingerprint density at radius 2 is 2.50 bits per heavy atom. The molecule has 0 aliphatic carbocycles. The Morgan fingerprint density at radius 1 is 1.58 bits per heavy atom. The van der Waals surface area contributed by atoms with Gasteiger partial charge in [0.2, 0.25) is 0 Å². The zero-order valence-corrected chi connectivity index (χ0v) is 7.76. The molecule has 2 nitrogen and oxygen atoms in total. The van der Waals surface area contributed by atoms with Crippen LogP contribution in [0.15, 0.2) is 17.5 Å². The number of aliphatic hydroxyl groups is 1. The number of hydrogen-bond acceptors (Lipinski definition) is 3. The van der Waals surface area contributed by atoms with Crippen molar-refractivity contribution in [3.8, 4) is 0 Å². The minimum absolute atomic E-state index is 0.124. The van der Waals surface area contributed by atoms with Gasteiger partial charge in [-0.25, -0.2) is 0 Å². The first-order valence-electron chi connectivity index (χ1n) is 4.33. The topological polar surface area (TPSA) is 23.5 Å². The zero-order chi connectivity index (χ0) is 8.39. The van der Waals surface area contributed by atoms with Crippen LogP contribution in [0.2, 0.25) is 0 Å². The molecule has 1 aromatic rings. The number of aliphatic hydroxyl groups excluding tert-OH is 1. The highest BCUT2D eigenvalue weighted by atomic mass is 32.1. The van der Waals surface area contributed by atoms with Crippen LogP contribution in [-0.2, 0) is 0 Å². The highest BCUT2D eigenvalue weighted by Gasteiger charge is 2.17. The molecule has 2 heterocycles. The summed E-state index contributed by atoms with van der Waals surface area (Å²) < 4.78 is 0. The van der Waals surface area contributed by atoms with Gasteiger partial charge in [0.1, 0.15) is 0 Å². The van der Waals surface area contributed by atoms with Crippen molar-refractivity contribution in [2.45, 2.75) is 18.9 Å². The summed E-state index contributed by atoms with van der Waals surface area (Å²) in [6, 6.07) is 4.17. The molecule has 1 saturated heterocycles. The molecule has 0 radical (unpaired) electrons. The zero-order valence-electron chi connectivity index (χ0n) is 6.94. The SMILES string of the molecule is OC1CCCN(c2cccs2)C1. The maximum Gasteiger partial charge on any atom is 0.0909 e. The third-order valence-corrected chi connectivity index (χ3v) is 3.14. The second kappa shape index (κ2) is 3.46. The number of piperidine rings is 1. The highest BCUT2D eigenvalue weighted by Crippen LogP contribution is 2.24. The van der Waals surface area contributed by atoms with Crippen LogP contribution in [0, 0.1) is 0 Å². The Kier molecular flexibility index (Phi) is 2.33. The third-order valence-electron chi connectivity index (χ3n) is 2.21. The van der Waals surface area contributed by atoms with E-state index in [2.05, 4.69) is 22.4 Å². The van der Waals surface area contributed by atoms with Crippen molar-refractivity contribution >= 4 is 16.3 Å². The molecule has 1 aliphatic rings. The van der Waals surface area contributed by atoms with Crippen molar-refractivity contribution in [2.75, 3.05) is 18.0 Å². The minimum Gasteiger partial charge on any atom is -0.391 e. The van der Waals surface area contributed by atoms with E-state index >= 15 is 0 Å². The predicted octanol–water partition coefficient (Wildman–Crippen LogP) is 1.71. The van der Waals surface area contributed by atoms with Gasteiger partial charge in [-0.15, -0.1) is 11.3 Å². The Morgan fingerprint density at radius 3 is 3.17 bits per heavy atom. The van der Waals surface area contributed by atoms with Crippen molar-refractivity contribution in [2.24, 2.45) is 0 Å². The van der Waals surface area contributed by atoms with Gasteiger partial charge >= 0.3 is 0 Å². The quantitative estimate of drug-likeness (QED) is 0.716. The Bertz CT molecular complexity index is 235. The summed E-state index contributed by atoms with van der Waals surface area (Å²) in [7, 11) is 0. The second-order valence-electron chi connectivity index (χ2n) is 3.19. The van der Waals surface area contributed by atoms with E-state index in [1.807, 2.05) is 0 Å². The van der Waals surface area contributed by atoms with Crippen LogP contribution in [0.5, 0.6) is 0 Å². The van der Waals surface area contributed by atoms with Gasteiger partial charge in [-0.1, -0.05) is 0 Å². The first-order valence-corrected chi connectivity index (χ1v) is 5.21. The fourth-order valence-electron chi connectivity index (χ4n) is 1.60. The standard InChI is InChI=1S/C9H13NOS/c11-8-3-1-5-10(7-8)9-4-2-6-12-9/h2,4,6,8,11H,1,3,5,7H2. The van der Waals surface area contributed by atoms with Gasteiger partial charge in [-0.2, -0.15) is 0 Å². The lowest BCUT2D eigenvalue weighted by Crippen LogP contribution is -2.37. The van der Waals surface area contributed by atoms with Crippen LogP contribution < -0.4 is 4.90 Å². The largest absolute Gasteiger partial charge is 0.391 e. The molecule has 0 aromatic carbocycles. The van der Waals surface area contributed by atoms with Gasteiger partial charge in [0, 0.05) is 13.1 Å². The van der Waals surface area contributed by atoms with Crippen LogP contribution in [-0.4, -0.2) is 24.3 Å². The maximum absolute atomic E-state index is 9.44. The highest BCUT2D eigenvalue weighted by molar-refractivity contribution is 7.14. The first kappa shape index (κ1) is 8.08. The number of hydrogen-bond donors (Lipinski definition) is 1. The molecule has 1 fully saturated rings. The molecule has 1 aromatic heterocycles. The Labute approximate surface area is 76.4 Å². The fraction of sp³-hybridized carbons (Fsp3) is 0.556. The van der Waals surface area contributed by atoms with Gasteiger partial charge in [0.25, 0.3) is 0 Å². The van der Waals surface area contributed by atoms with Gasteiger partial charge in [0.05, 0.1) is 11.1 Å². The van der Waals surface area contributed by atoms with Crippen LogP contribution in [0.3, 0.4) is 0 Å². The lowest BCUT2D eigenvalue weighted by molar-refractivity contribution is 0.154. The monoisotopic (exact) mass is 183 g/mol. The molecule has 1 unspecified atom stereocenters. The van der Waals surface area contributed by atoms with Gasteiger partial charge in [-0.3, -0.25) is 0 Å². The molecule has 1 aliphatic heterocycles. The molecule has 1 atom stereocenters. The molecule has 2 rings (SSSR count). The van der Waals surface area contributed by atoms with E-state index in [1.54, 1.807) is 11.3 Å². The summed E-state index contributed by atoms with van der Waals surface area (Å²) in [6.45, 7) is 1.90. The van der Waals surface area contributed by atoms with Gasteiger partial charge < -0.3 is 10.0 Å². The van der Waals surface area contributed by atoms with Crippen LogP contribution in [0.1, 0.15) is 12.8 Å². The molecule has 1 N–H and O–H groups in total. The normalized spacial score (nSPS) is 24.4. The number of β-amino-alcohol motifs (C(OH)–C–C–N with tert-alkyl or cyclic N) is 1. The van der Waals surface area contributed by atoms with Crippen LogP contribution in [0.4, 0.5) is 5.00 Å². The van der Waals surface area contributed by atoms with E-state index in [9.17, 15) is 5.11 Å². The predicted molar refractivity (Wildman–Crippen MR) is 51.8 cm³/mol. The van der Waals surface area contributed by atoms with E-state index in [1.165, 1.54) is 5.00 Å². The summed E-state index contributed by atoms with van der Waals surface area (Å²) in [5.74, 6) is 0. The van der Waals surface area contributed by atoms with E-state index in [-0.39, 0.29) is 6.10 Å². The Hall–Kier alpha value is -0.540. The number of rotatable bonds is 1. The number of thiophene rings is 1. The first-order chi connectivity index (χ1) is 5.86. The van der Waals surface area contributed by atoms with Gasteiger partial charge in [-0.05, 0) is 30.4 Å². The second-order valence-corrected chi connectivity index (χ2v) is 4.12. The van der Waals surface area contributed by atoms with Crippen molar-refractivity contribution < 1.29 is 5.11 Å². The summed E-state index contributed by atoms with van der Waals surface area (Å²) in [5.41, 5.74) is 0. The summed E-state index contributed by atoms with van der Waals surface area (Å²) in [5, 5.41) is 12.8. The van der Waals surface area contributed by atoms with E-state index < -0.39 is 0 Å². The maximum atomic E-state index is 9.44. The lowest BCUT2D eigenvalue weighted by Gasteiger charge is -2.30. The lowest BCUT2D eigenvalue weighted by atomic mass is 10.1. The van der Waals surface area contributed by atoms with Crippen molar-refractivity contribution in [3.63, 3.8) is 0 Å². The minimum atomic E-state index is -0.124. The molecule has 3 heteroatoms. The van der Waals surface area contributed by atoms with E-state index in [4.69, 9.17) is 0 Å². The molecule has 0 saturated carbocycles. The van der Waals surface area contributed by atoms with Gasteiger partial charge in [0.15, 0.2) is 0 Å². The average molecular weight is 183 g/mol. The molecule has 66 valence electrons. The number of nitrogens with zero attached hydrogens (tertiary/aromatic N) is 1. The van der Waals surface area contributed by atoms with Crippen molar-refractivity contribution in [1.82, 2.24) is 0 Å². The smallest absolute Gasteiger partial charge is 0.0909 e. The molecule has 0 amide bonds. The average Bonchev–Trinajstić information content (AvgIpc) is 2.56. The molecule has 12 heavy (non-hydrogen) atoms. The van der Waals surface area contributed by atoms with Crippen LogP contribution in [0.25, 0.3) is 0 Å². The molecular weight excluding hydrogens is 170 g/mol. The molecule has 0 bridgehead atoms. The summed E-state index contributed by atoms with van der Waals surface area (Å²) in [6.07, 6.45) is 1.95. The Balaban J connectivity index is 2.04. The molecular formula is C9H13NOS. The van der Waals surface area contributed by atoms with E-state index in [0.717, 1.165) is 25.9 Å². The van der Waals surface area contributed by atoms with Crippen molar-refractivity contribution in [3.05, 3.63) is 17.5 Å². The van der Waals surface area contributed by atoms with E-state index in [0.29, 0.717) is 0 Å². The van der Waals surface area contributed by atoms with Crippen molar-refractivity contribution in [1.29, 1.82) is 0 Å². The summed E-state index contributed by atoms with van der Waals surface area (Å²) in [4.78, 5) is 2.26. The molecule has 0 spiro atoms. The number of anilines is 1. The van der Waals surface area contributed by atoms with Crippen LogP contribution >= 0.6 is 11.3 Å². The summed E-state index contributed by atoms with van der Waals surface area (Å²) >= 11 is 1.75. The third kappa shape index (κ3) is 1.62. The fourth-order valence-corrected chi connectivity index (χ4v) is 2.37.